The molecular formula is C14H14ClN3O2S. The molecule has 0 fully saturated rings. The van der Waals surface area contributed by atoms with E-state index in [-0.39, 0.29) is 21.3 Å². The predicted octanol–water partition coefficient (Wildman–Crippen LogP) is 4.49. The molecule has 0 unspecified atom stereocenters. The van der Waals surface area contributed by atoms with Crippen LogP contribution in [0, 0.1) is 10.1 Å². The van der Waals surface area contributed by atoms with Gasteiger partial charge in [-0.2, -0.15) is 0 Å². The number of nitro groups is 1. The monoisotopic (exact) mass is 323 g/mol. The van der Waals surface area contributed by atoms with Crippen molar-refractivity contribution in [3.05, 3.63) is 51.4 Å². The van der Waals surface area contributed by atoms with Gasteiger partial charge in [0.1, 0.15) is 6.33 Å². The van der Waals surface area contributed by atoms with Gasteiger partial charge in [-0.1, -0.05) is 56.3 Å². The summed E-state index contributed by atoms with van der Waals surface area (Å²) in [6.07, 6.45) is 1.22. The maximum atomic E-state index is 11.0. The van der Waals surface area contributed by atoms with Gasteiger partial charge in [0.05, 0.1) is 4.92 Å². The first-order valence-electron chi connectivity index (χ1n) is 6.22. The van der Waals surface area contributed by atoms with E-state index in [9.17, 15) is 10.1 Å². The summed E-state index contributed by atoms with van der Waals surface area (Å²) in [5.74, 6) is 0. The molecule has 7 heteroatoms. The minimum Gasteiger partial charge on any atom is -0.258 e. The fourth-order valence-electron chi connectivity index (χ4n) is 1.71. The van der Waals surface area contributed by atoms with Crippen LogP contribution in [0.3, 0.4) is 0 Å². The predicted molar refractivity (Wildman–Crippen MR) is 83.0 cm³/mol. The lowest BCUT2D eigenvalue weighted by Crippen LogP contribution is -2.10. The molecule has 21 heavy (non-hydrogen) atoms. The molecule has 2 rings (SSSR count). The van der Waals surface area contributed by atoms with Crippen molar-refractivity contribution >= 4 is 29.1 Å². The molecular weight excluding hydrogens is 310 g/mol. The van der Waals surface area contributed by atoms with E-state index in [4.69, 9.17) is 11.6 Å². The second kappa shape index (κ2) is 5.99. The van der Waals surface area contributed by atoms with Gasteiger partial charge in [-0.05, 0) is 23.1 Å². The van der Waals surface area contributed by atoms with Crippen LogP contribution in [0.5, 0.6) is 0 Å². The van der Waals surface area contributed by atoms with Crippen molar-refractivity contribution in [1.29, 1.82) is 0 Å². The van der Waals surface area contributed by atoms with Gasteiger partial charge in [0.15, 0.2) is 5.03 Å². The molecule has 2 aromatic rings. The second-order valence-electron chi connectivity index (χ2n) is 5.45. The molecule has 0 aliphatic carbocycles. The largest absolute Gasteiger partial charge is 0.338 e. The Kier molecular flexibility index (Phi) is 4.49. The first kappa shape index (κ1) is 15.7. The van der Waals surface area contributed by atoms with Gasteiger partial charge in [-0.3, -0.25) is 10.1 Å². The lowest BCUT2D eigenvalue weighted by molar-refractivity contribution is -0.388. The molecule has 1 heterocycles. The van der Waals surface area contributed by atoms with Gasteiger partial charge < -0.3 is 0 Å². The number of hydrogen-bond donors (Lipinski definition) is 0. The first-order valence-corrected chi connectivity index (χ1v) is 7.42. The zero-order chi connectivity index (χ0) is 15.6. The van der Waals surface area contributed by atoms with Crippen LogP contribution in [0.15, 0.2) is 40.5 Å². The van der Waals surface area contributed by atoms with Crippen molar-refractivity contribution < 1.29 is 4.92 Å². The van der Waals surface area contributed by atoms with Crippen LogP contribution in [0.1, 0.15) is 26.3 Å². The quantitative estimate of drug-likeness (QED) is 0.473. The third kappa shape index (κ3) is 3.71. The van der Waals surface area contributed by atoms with Crippen molar-refractivity contribution in [2.45, 2.75) is 36.1 Å². The molecule has 1 aromatic carbocycles. The lowest BCUT2D eigenvalue weighted by Gasteiger charge is -2.18. The minimum atomic E-state index is -0.561. The maximum Gasteiger partial charge on any atom is 0.338 e. The standard InChI is InChI=1S/C14H14ClN3O2S/c1-14(2,3)9-4-6-10(7-5-9)21-13-11(18(19)20)12(15)16-8-17-13/h4-8H,1-3H3. The number of nitrogens with zero attached hydrogens (tertiary/aromatic N) is 3. The molecule has 0 aliphatic heterocycles. The van der Waals surface area contributed by atoms with E-state index in [1.165, 1.54) is 23.7 Å². The Morgan fingerprint density at radius 2 is 1.81 bits per heavy atom. The van der Waals surface area contributed by atoms with E-state index in [2.05, 4.69) is 30.7 Å². The molecule has 0 atom stereocenters. The molecule has 0 N–H and O–H groups in total. The van der Waals surface area contributed by atoms with E-state index < -0.39 is 4.92 Å². The summed E-state index contributed by atoms with van der Waals surface area (Å²) in [5, 5.41) is 11.1. The van der Waals surface area contributed by atoms with Gasteiger partial charge in [-0.15, -0.1) is 0 Å². The number of rotatable bonds is 3. The van der Waals surface area contributed by atoms with Crippen LogP contribution < -0.4 is 0 Å². The van der Waals surface area contributed by atoms with E-state index >= 15 is 0 Å². The van der Waals surface area contributed by atoms with Gasteiger partial charge in [0.25, 0.3) is 0 Å². The first-order chi connectivity index (χ1) is 9.79. The molecule has 0 bridgehead atoms. The fourth-order valence-corrected chi connectivity index (χ4v) is 2.83. The molecule has 0 saturated carbocycles. The molecule has 110 valence electrons. The average Bonchev–Trinajstić information content (AvgIpc) is 2.38. The Morgan fingerprint density at radius 3 is 2.33 bits per heavy atom. The number of halogens is 1. The normalized spacial score (nSPS) is 11.4. The highest BCUT2D eigenvalue weighted by Gasteiger charge is 2.22. The smallest absolute Gasteiger partial charge is 0.258 e. The van der Waals surface area contributed by atoms with Gasteiger partial charge in [-0.25, -0.2) is 9.97 Å². The van der Waals surface area contributed by atoms with E-state index in [0.717, 1.165) is 4.90 Å². The summed E-state index contributed by atoms with van der Waals surface area (Å²) >= 11 is 6.97. The van der Waals surface area contributed by atoms with Crippen molar-refractivity contribution in [2.24, 2.45) is 0 Å². The summed E-state index contributed by atoms with van der Waals surface area (Å²) in [6.45, 7) is 6.39. The second-order valence-corrected chi connectivity index (χ2v) is 6.87. The van der Waals surface area contributed by atoms with Crippen LogP contribution in [0.2, 0.25) is 5.15 Å². The van der Waals surface area contributed by atoms with E-state index in [0.29, 0.717) is 0 Å². The Morgan fingerprint density at radius 1 is 1.19 bits per heavy atom. The topological polar surface area (TPSA) is 68.9 Å². The summed E-state index contributed by atoms with van der Waals surface area (Å²) < 4.78 is 0. The summed E-state index contributed by atoms with van der Waals surface area (Å²) in [6, 6.07) is 7.86. The average molecular weight is 324 g/mol. The molecule has 5 nitrogen and oxygen atoms in total. The number of benzene rings is 1. The lowest BCUT2D eigenvalue weighted by atomic mass is 9.87. The molecule has 0 aliphatic rings. The highest BCUT2D eigenvalue weighted by molar-refractivity contribution is 7.99. The number of aromatic nitrogens is 2. The fraction of sp³-hybridized carbons (Fsp3) is 0.286. The van der Waals surface area contributed by atoms with E-state index in [1.54, 1.807) is 0 Å². The van der Waals surface area contributed by atoms with E-state index in [1.807, 2.05) is 24.3 Å². The molecule has 0 amide bonds. The zero-order valence-corrected chi connectivity index (χ0v) is 13.4. The van der Waals surface area contributed by atoms with Crippen molar-refractivity contribution in [3.8, 4) is 0 Å². The SMILES string of the molecule is CC(C)(C)c1ccc(Sc2ncnc(Cl)c2[N+](=O)[O-])cc1. The molecule has 0 spiro atoms. The van der Waals surface area contributed by atoms with Crippen LogP contribution in [-0.4, -0.2) is 14.9 Å². The van der Waals surface area contributed by atoms with Crippen LogP contribution in [0.25, 0.3) is 0 Å². The third-order valence-electron chi connectivity index (χ3n) is 2.86. The molecule has 0 saturated heterocycles. The van der Waals surface area contributed by atoms with Crippen LogP contribution in [0.4, 0.5) is 5.69 Å². The summed E-state index contributed by atoms with van der Waals surface area (Å²) in [7, 11) is 0. The summed E-state index contributed by atoms with van der Waals surface area (Å²) in [5.41, 5.74) is 0.999. The Bertz CT molecular complexity index is 669. The van der Waals surface area contributed by atoms with Crippen LogP contribution >= 0.6 is 23.4 Å². The maximum absolute atomic E-state index is 11.0. The Labute approximate surface area is 131 Å². The molecule has 0 radical (unpaired) electrons. The van der Waals surface area contributed by atoms with Crippen molar-refractivity contribution in [1.82, 2.24) is 9.97 Å². The highest BCUT2D eigenvalue weighted by atomic mass is 35.5. The Hall–Kier alpha value is -1.66. The zero-order valence-electron chi connectivity index (χ0n) is 11.8. The molecule has 1 aromatic heterocycles. The number of hydrogen-bond acceptors (Lipinski definition) is 5. The van der Waals surface area contributed by atoms with Gasteiger partial charge >= 0.3 is 5.69 Å². The minimum absolute atomic E-state index is 0.0629. The summed E-state index contributed by atoms with van der Waals surface area (Å²) in [4.78, 5) is 18.9. The highest BCUT2D eigenvalue weighted by Crippen LogP contribution is 2.36. The Balaban J connectivity index is 2.31. The van der Waals surface area contributed by atoms with Gasteiger partial charge in [0.2, 0.25) is 5.15 Å². The van der Waals surface area contributed by atoms with Gasteiger partial charge in [0, 0.05) is 4.90 Å². The van der Waals surface area contributed by atoms with Crippen molar-refractivity contribution in [2.75, 3.05) is 0 Å². The third-order valence-corrected chi connectivity index (χ3v) is 4.14. The van der Waals surface area contributed by atoms with Crippen molar-refractivity contribution in [3.63, 3.8) is 0 Å². The van der Waals surface area contributed by atoms with Crippen LogP contribution in [-0.2, 0) is 5.41 Å².